The third-order valence-electron chi connectivity index (χ3n) is 9.35. The van der Waals surface area contributed by atoms with Crippen molar-refractivity contribution in [2.45, 2.75) is 0 Å². The molecule has 0 aliphatic carbocycles. The molecule has 6 heteroatoms. The molecule has 4 heterocycles. The van der Waals surface area contributed by atoms with Gasteiger partial charge in [0.25, 0.3) is 0 Å². The topological polar surface area (TPSA) is 69.6 Å². The van der Waals surface area contributed by atoms with E-state index in [2.05, 4.69) is 119 Å². The van der Waals surface area contributed by atoms with Gasteiger partial charge < -0.3 is 8.98 Å². The van der Waals surface area contributed by atoms with Crippen molar-refractivity contribution < 1.29 is 4.42 Å². The van der Waals surface area contributed by atoms with Crippen molar-refractivity contribution in [2.75, 3.05) is 0 Å². The Morgan fingerprint density at radius 1 is 0.440 bits per heavy atom. The highest BCUT2D eigenvalue weighted by atomic mass is 16.3. The summed E-state index contributed by atoms with van der Waals surface area (Å²) in [4.78, 5) is 19.2. The summed E-state index contributed by atoms with van der Waals surface area (Å²) >= 11 is 0. The first-order valence-corrected chi connectivity index (χ1v) is 16.5. The van der Waals surface area contributed by atoms with Crippen LogP contribution in [0.5, 0.6) is 0 Å². The fourth-order valence-electron chi connectivity index (χ4n) is 6.98. The van der Waals surface area contributed by atoms with E-state index >= 15 is 0 Å². The molecule has 0 amide bonds. The monoisotopic (exact) mass is 641 g/mol. The number of aromatic nitrogens is 5. The quantitative estimate of drug-likeness (QED) is 0.187. The highest BCUT2D eigenvalue weighted by molar-refractivity contribution is 6.24. The van der Waals surface area contributed by atoms with E-state index in [1.165, 1.54) is 0 Å². The minimum Gasteiger partial charge on any atom is -0.455 e. The molecule has 6 nitrogen and oxygen atoms in total. The number of para-hydroxylation sites is 2. The van der Waals surface area contributed by atoms with Crippen molar-refractivity contribution in [2.24, 2.45) is 0 Å². The molecule has 10 rings (SSSR count). The summed E-state index contributed by atoms with van der Waals surface area (Å²) in [6.45, 7) is 0. The molecular formula is C44H27N5O. The fourth-order valence-corrected chi connectivity index (χ4v) is 6.98. The molecule has 0 N–H and O–H groups in total. The van der Waals surface area contributed by atoms with Crippen LogP contribution < -0.4 is 0 Å². The van der Waals surface area contributed by atoms with E-state index in [9.17, 15) is 0 Å². The van der Waals surface area contributed by atoms with E-state index in [0.29, 0.717) is 17.5 Å². The predicted octanol–water partition coefficient (Wildman–Crippen LogP) is 10.9. The van der Waals surface area contributed by atoms with Gasteiger partial charge in [0.1, 0.15) is 11.2 Å². The largest absolute Gasteiger partial charge is 0.455 e. The zero-order valence-corrected chi connectivity index (χ0v) is 26.7. The summed E-state index contributed by atoms with van der Waals surface area (Å²) in [5.41, 5.74) is 9.85. The van der Waals surface area contributed by atoms with Gasteiger partial charge >= 0.3 is 0 Å². The van der Waals surface area contributed by atoms with Gasteiger partial charge in [0.05, 0.1) is 16.4 Å². The Morgan fingerprint density at radius 2 is 1.06 bits per heavy atom. The maximum absolute atomic E-state index is 6.78. The molecule has 0 saturated carbocycles. The standard InChI is InChI=1S/C44H27N5O/c1-3-10-28(11-4-1)29-17-19-30(20-18-29)42-46-43(48-44(47-42)32-12-9-25-45-27-32)31-21-22-34-35-23-24-38-40(41(35)50-39(34)26-31)36-15-7-8-16-37(36)49(38)33-13-5-2-6-14-33/h1-27H. The van der Waals surface area contributed by atoms with E-state index in [4.69, 9.17) is 19.4 Å². The summed E-state index contributed by atoms with van der Waals surface area (Å²) in [6, 6.07) is 52.1. The van der Waals surface area contributed by atoms with Crippen LogP contribution >= 0.6 is 0 Å². The molecule has 6 aromatic carbocycles. The number of furan rings is 1. The van der Waals surface area contributed by atoms with Gasteiger partial charge in [-0.3, -0.25) is 4.98 Å². The van der Waals surface area contributed by atoms with Crippen LogP contribution in [0.4, 0.5) is 0 Å². The Bertz CT molecular complexity index is 2840. The lowest BCUT2D eigenvalue weighted by atomic mass is 10.0. The minimum atomic E-state index is 0.561. The van der Waals surface area contributed by atoms with Crippen molar-refractivity contribution >= 4 is 43.7 Å². The third-order valence-corrected chi connectivity index (χ3v) is 9.35. The molecule has 0 aliphatic heterocycles. The number of pyridine rings is 1. The van der Waals surface area contributed by atoms with Crippen molar-refractivity contribution in [3.05, 3.63) is 164 Å². The SMILES string of the molecule is c1ccc(-c2ccc(-c3nc(-c4cccnc4)nc(-c4ccc5c(c4)oc4c5ccc5c4c4ccccc4n5-c4ccccc4)n3)cc2)cc1. The number of hydrogen-bond donors (Lipinski definition) is 0. The van der Waals surface area contributed by atoms with Crippen molar-refractivity contribution in [3.8, 4) is 51.0 Å². The smallest absolute Gasteiger partial charge is 0.165 e. The molecule has 4 aromatic heterocycles. The average molecular weight is 642 g/mol. The molecule has 0 fully saturated rings. The average Bonchev–Trinajstić information content (AvgIpc) is 3.74. The van der Waals surface area contributed by atoms with E-state index in [1.54, 1.807) is 12.4 Å². The van der Waals surface area contributed by atoms with Gasteiger partial charge in [0, 0.05) is 50.9 Å². The normalized spacial score (nSPS) is 11.6. The van der Waals surface area contributed by atoms with Crippen LogP contribution in [0.1, 0.15) is 0 Å². The van der Waals surface area contributed by atoms with Crippen LogP contribution in [0.15, 0.2) is 168 Å². The molecule has 10 aromatic rings. The molecular weight excluding hydrogens is 615 g/mol. The number of fused-ring (bicyclic) bond motifs is 7. The summed E-state index contributed by atoms with van der Waals surface area (Å²) in [6.07, 6.45) is 3.53. The maximum Gasteiger partial charge on any atom is 0.165 e. The van der Waals surface area contributed by atoms with Gasteiger partial charge in [-0.1, -0.05) is 97.1 Å². The minimum absolute atomic E-state index is 0.561. The molecule has 234 valence electrons. The van der Waals surface area contributed by atoms with Gasteiger partial charge in [-0.2, -0.15) is 0 Å². The molecule has 0 atom stereocenters. The fraction of sp³-hybridized carbons (Fsp3) is 0. The van der Waals surface area contributed by atoms with Gasteiger partial charge in [-0.15, -0.1) is 0 Å². The number of rotatable bonds is 5. The number of hydrogen-bond acceptors (Lipinski definition) is 5. The Hall–Kier alpha value is -6.92. The molecule has 50 heavy (non-hydrogen) atoms. The first-order chi connectivity index (χ1) is 24.8. The van der Waals surface area contributed by atoms with Crippen molar-refractivity contribution in [3.63, 3.8) is 0 Å². The van der Waals surface area contributed by atoms with Gasteiger partial charge in [-0.05, 0) is 65.7 Å². The Labute approximate surface area is 287 Å². The highest BCUT2D eigenvalue weighted by Crippen LogP contribution is 2.41. The Morgan fingerprint density at radius 3 is 1.84 bits per heavy atom. The van der Waals surface area contributed by atoms with Gasteiger partial charge in [0.2, 0.25) is 0 Å². The van der Waals surface area contributed by atoms with Crippen molar-refractivity contribution in [1.82, 2.24) is 24.5 Å². The second-order valence-electron chi connectivity index (χ2n) is 12.3. The molecule has 0 bridgehead atoms. The molecule has 0 radical (unpaired) electrons. The van der Waals surface area contributed by atoms with Crippen LogP contribution in [0.3, 0.4) is 0 Å². The van der Waals surface area contributed by atoms with E-state index < -0.39 is 0 Å². The third kappa shape index (κ3) is 4.58. The maximum atomic E-state index is 6.78. The zero-order chi connectivity index (χ0) is 33.0. The van der Waals surface area contributed by atoms with Crippen LogP contribution in [0, 0.1) is 0 Å². The molecule has 0 unspecified atom stereocenters. The van der Waals surface area contributed by atoms with Crippen LogP contribution in [0.2, 0.25) is 0 Å². The van der Waals surface area contributed by atoms with Gasteiger partial charge in [-0.25, -0.2) is 15.0 Å². The van der Waals surface area contributed by atoms with E-state index in [0.717, 1.165) is 77.2 Å². The first kappa shape index (κ1) is 28.1. The number of benzene rings is 6. The summed E-state index contributed by atoms with van der Waals surface area (Å²) in [5, 5.41) is 4.36. The Balaban J connectivity index is 1.14. The van der Waals surface area contributed by atoms with E-state index in [1.807, 2.05) is 42.5 Å². The lowest BCUT2D eigenvalue weighted by Gasteiger charge is -2.09. The summed E-state index contributed by atoms with van der Waals surface area (Å²) in [7, 11) is 0. The number of nitrogens with zero attached hydrogens (tertiary/aromatic N) is 5. The molecule has 0 saturated heterocycles. The molecule has 0 aliphatic rings. The zero-order valence-electron chi connectivity index (χ0n) is 26.7. The lowest BCUT2D eigenvalue weighted by Crippen LogP contribution is -2.00. The van der Waals surface area contributed by atoms with Crippen molar-refractivity contribution in [1.29, 1.82) is 0 Å². The lowest BCUT2D eigenvalue weighted by molar-refractivity contribution is 0.673. The Kier molecular flexibility index (Phi) is 6.39. The van der Waals surface area contributed by atoms with Crippen LogP contribution in [-0.2, 0) is 0 Å². The van der Waals surface area contributed by atoms with Crippen LogP contribution in [-0.4, -0.2) is 24.5 Å². The second-order valence-corrected chi connectivity index (χ2v) is 12.3. The van der Waals surface area contributed by atoms with E-state index in [-0.39, 0.29) is 0 Å². The first-order valence-electron chi connectivity index (χ1n) is 16.5. The highest BCUT2D eigenvalue weighted by Gasteiger charge is 2.20. The molecule has 0 spiro atoms. The predicted molar refractivity (Wildman–Crippen MR) is 201 cm³/mol. The van der Waals surface area contributed by atoms with Gasteiger partial charge in [0.15, 0.2) is 17.5 Å². The summed E-state index contributed by atoms with van der Waals surface area (Å²) in [5.74, 6) is 1.72. The second kappa shape index (κ2) is 11.4. The summed E-state index contributed by atoms with van der Waals surface area (Å²) < 4.78 is 9.08. The van der Waals surface area contributed by atoms with Crippen LogP contribution in [0.25, 0.3) is 94.7 Å².